The lowest BCUT2D eigenvalue weighted by molar-refractivity contribution is 0.627. The average molecular weight is 229 g/mol. The van der Waals surface area contributed by atoms with E-state index in [2.05, 4.69) is 0 Å². The minimum atomic E-state index is -1.13. The monoisotopic (exact) mass is 229 g/mol. The predicted molar refractivity (Wildman–Crippen MR) is 62.7 cm³/mol. The smallest absolute Gasteiger partial charge is 0.124 e. The summed E-state index contributed by atoms with van der Waals surface area (Å²) in [7, 11) is 0.616. The van der Waals surface area contributed by atoms with Gasteiger partial charge in [0.25, 0.3) is 0 Å². The number of rotatable bonds is 2. The zero-order valence-electron chi connectivity index (χ0n) is 9.45. The SMILES string of the molecule is CN(c1ccc(F)cc1)S(=O)C(C)(C)C. The number of nitrogens with zero attached hydrogens (tertiary/aromatic N) is 1. The van der Waals surface area contributed by atoms with Crippen LogP contribution in [0.2, 0.25) is 0 Å². The van der Waals surface area contributed by atoms with Gasteiger partial charge in [0.05, 0.1) is 4.75 Å². The molecule has 0 aliphatic rings. The van der Waals surface area contributed by atoms with Gasteiger partial charge in [0, 0.05) is 12.7 Å². The first-order chi connectivity index (χ1) is 6.82. The topological polar surface area (TPSA) is 20.3 Å². The molecular weight excluding hydrogens is 213 g/mol. The number of hydrogen-bond acceptors (Lipinski definition) is 1. The van der Waals surface area contributed by atoms with E-state index in [0.29, 0.717) is 0 Å². The van der Waals surface area contributed by atoms with Gasteiger partial charge in [-0.3, -0.25) is 4.31 Å². The van der Waals surface area contributed by atoms with E-state index in [4.69, 9.17) is 0 Å². The van der Waals surface area contributed by atoms with Crippen molar-refractivity contribution in [2.75, 3.05) is 11.4 Å². The fourth-order valence-corrected chi connectivity index (χ4v) is 2.29. The van der Waals surface area contributed by atoms with Crippen LogP contribution in [0.4, 0.5) is 10.1 Å². The summed E-state index contributed by atoms with van der Waals surface area (Å²) in [5, 5.41) is 0. The summed E-state index contributed by atoms with van der Waals surface area (Å²) in [6.07, 6.45) is 0. The third-order valence-corrected chi connectivity index (χ3v) is 3.72. The van der Waals surface area contributed by atoms with Crippen LogP contribution in [0.1, 0.15) is 20.8 Å². The molecule has 1 unspecified atom stereocenters. The second-order valence-electron chi connectivity index (χ2n) is 4.34. The Balaban J connectivity index is 2.90. The molecule has 1 rings (SSSR count). The van der Waals surface area contributed by atoms with Crippen molar-refractivity contribution in [2.45, 2.75) is 25.5 Å². The van der Waals surface area contributed by atoms with E-state index in [-0.39, 0.29) is 10.6 Å². The van der Waals surface area contributed by atoms with Crippen LogP contribution >= 0.6 is 0 Å². The Bertz CT molecular complexity index is 356. The Morgan fingerprint density at radius 1 is 1.20 bits per heavy atom. The molecule has 1 aromatic rings. The highest BCUT2D eigenvalue weighted by atomic mass is 32.2. The molecule has 0 spiro atoms. The van der Waals surface area contributed by atoms with Gasteiger partial charge in [0.15, 0.2) is 0 Å². The van der Waals surface area contributed by atoms with Gasteiger partial charge in [-0.05, 0) is 45.0 Å². The van der Waals surface area contributed by atoms with E-state index >= 15 is 0 Å². The molecule has 0 amide bonds. The first-order valence-corrected chi connectivity index (χ1v) is 5.84. The van der Waals surface area contributed by atoms with Crippen LogP contribution in [0, 0.1) is 5.82 Å². The Morgan fingerprint density at radius 2 is 1.67 bits per heavy atom. The number of benzene rings is 1. The zero-order valence-corrected chi connectivity index (χ0v) is 10.3. The van der Waals surface area contributed by atoms with E-state index in [1.54, 1.807) is 23.5 Å². The molecule has 0 N–H and O–H groups in total. The third kappa shape index (κ3) is 3.02. The molecule has 0 aliphatic heterocycles. The van der Waals surface area contributed by atoms with Crippen molar-refractivity contribution in [3.8, 4) is 0 Å². The molecule has 0 aromatic heterocycles. The highest BCUT2D eigenvalue weighted by Crippen LogP contribution is 2.21. The minimum Gasteiger partial charge on any atom is -0.294 e. The van der Waals surface area contributed by atoms with Crippen molar-refractivity contribution in [1.29, 1.82) is 0 Å². The summed E-state index contributed by atoms with van der Waals surface area (Å²) in [6, 6.07) is 5.98. The average Bonchev–Trinajstić information content (AvgIpc) is 2.15. The summed E-state index contributed by atoms with van der Waals surface area (Å²) in [5.41, 5.74) is 0.754. The van der Waals surface area contributed by atoms with Gasteiger partial charge in [-0.25, -0.2) is 8.60 Å². The normalized spacial score (nSPS) is 13.7. The molecule has 0 bridgehead atoms. The van der Waals surface area contributed by atoms with E-state index in [9.17, 15) is 8.60 Å². The number of halogens is 1. The van der Waals surface area contributed by atoms with E-state index in [1.165, 1.54) is 12.1 Å². The Kier molecular flexibility index (Phi) is 3.50. The summed E-state index contributed by atoms with van der Waals surface area (Å²) < 4.78 is 26.0. The molecule has 84 valence electrons. The van der Waals surface area contributed by atoms with Crippen molar-refractivity contribution >= 4 is 16.7 Å². The van der Waals surface area contributed by atoms with E-state index in [0.717, 1.165) is 5.69 Å². The highest BCUT2D eigenvalue weighted by molar-refractivity contribution is 7.87. The first kappa shape index (κ1) is 12.2. The maximum absolute atomic E-state index is 12.7. The highest BCUT2D eigenvalue weighted by Gasteiger charge is 2.23. The minimum absolute atomic E-state index is 0.284. The molecule has 0 saturated heterocycles. The number of anilines is 1. The van der Waals surface area contributed by atoms with Crippen molar-refractivity contribution in [2.24, 2.45) is 0 Å². The molecule has 2 nitrogen and oxygen atoms in total. The quantitative estimate of drug-likeness (QED) is 0.763. The molecule has 0 aliphatic carbocycles. The van der Waals surface area contributed by atoms with Crippen LogP contribution in [-0.2, 0) is 11.0 Å². The maximum atomic E-state index is 12.7. The molecule has 4 heteroatoms. The second kappa shape index (κ2) is 4.31. The van der Waals surface area contributed by atoms with Gasteiger partial charge in [-0.15, -0.1) is 0 Å². The van der Waals surface area contributed by atoms with Crippen molar-refractivity contribution < 1.29 is 8.60 Å². The fraction of sp³-hybridized carbons (Fsp3) is 0.455. The van der Waals surface area contributed by atoms with Gasteiger partial charge in [0.1, 0.15) is 16.8 Å². The van der Waals surface area contributed by atoms with Crippen molar-refractivity contribution in [1.82, 2.24) is 0 Å². The standard InChI is InChI=1S/C11H16FNOS/c1-11(2,3)15(14)13(4)10-7-5-9(12)6-8-10/h5-8H,1-4H3. The Hall–Kier alpha value is -0.900. The second-order valence-corrected chi connectivity index (χ2v) is 6.61. The van der Waals surface area contributed by atoms with Gasteiger partial charge >= 0.3 is 0 Å². The van der Waals surface area contributed by atoms with E-state index in [1.807, 2.05) is 20.8 Å². The molecule has 0 fully saturated rings. The van der Waals surface area contributed by atoms with Crippen LogP contribution in [-0.4, -0.2) is 16.0 Å². The largest absolute Gasteiger partial charge is 0.294 e. The summed E-state index contributed by atoms with van der Waals surface area (Å²) in [5.74, 6) is -0.284. The van der Waals surface area contributed by atoms with Crippen LogP contribution in [0.5, 0.6) is 0 Å². The van der Waals surface area contributed by atoms with Crippen LogP contribution in [0.15, 0.2) is 24.3 Å². The molecule has 1 atom stereocenters. The van der Waals surface area contributed by atoms with Crippen molar-refractivity contribution in [3.63, 3.8) is 0 Å². The maximum Gasteiger partial charge on any atom is 0.124 e. The Labute approximate surface area is 92.7 Å². The predicted octanol–water partition coefficient (Wildman–Crippen LogP) is 2.72. The molecule has 1 aromatic carbocycles. The lowest BCUT2D eigenvalue weighted by Gasteiger charge is -2.26. The lowest BCUT2D eigenvalue weighted by atomic mass is 10.3. The van der Waals surface area contributed by atoms with Crippen LogP contribution in [0.3, 0.4) is 0 Å². The van der Waals surface area contributed by atoms with Crippen LogP contribution < -0.4 is 4.31 Å². The molecule has 0 radical (unpaired) electrons. The van der Waals surface area contributed by atoms with Crippen molar-refractivity contribution in [3.05, 3.63) is 30.1 Å². The molecular formula is C11H16FNOS. The summed E-state index contributed by atoms with van der Waals surface area (Å²) in [4.78, 5) is 0. The molecule has 0 saturated carbocycles. The lowest BCUT2D eigenvalue weighted by Crippen LogP contribution is -2.34. The molecule has 0 heterocycles. The van der Waals surface area contributed by atoms with Gasteiger partial charge in [-0.2, -0.15) is 0 Å². The first-order valence-electron chi connectivity index (χ1n) is 4.73. The summed E-state index contributed by atoms with van der Waals surface area (Å²) >= 11 is 0. The molecule has 15 heavy (non-hydrogen) atoms. The third-order valence-electron chi connectivity index (χ3n) is 1.96. The number of hydrogen-bond donors (Lipinski definition) is 0. The Morgan fingerprint density at radius 3 is 2.07 bits per heavy atom. The van der Waals surface area contributed by atoms with Gasteiger partial charge in [0.2, 0.25) is 0 Å². The summed E-state index contributed by atoms with van der Waals surface area (Å²) in [6.45, 7) is 5.72. The zero-order chi connectivity index (χ0) is 11.6. The van der Waals surface area contributed by atoms with Gasteiger partial charge < -0.3 is 0 Å². The van der Waals surface area contributed by atoms with E-state index < -0.39 is 11.0 Å². The van der Waals surface area contributed by atoms with Crippen LogP contribution in [0.25, 0.3) is 0 Å². The fourth-order valence-electron chi connectivity index (χ4n) is 1.16. The van der Waals surface area contributed by atoms with Gasteiger partial charge in [-0.1, -0.05) is 0 Å².